The molecule has 0 spiro atoms. The molecule has 0 saturated carbocycles. The van der Waals surface area contributed by atoms with Crippen molar-refractivity contribution in [3.05, 3.63) is 34.4 Å². The van der Waals surface area contributed by atoms with E-state index in [0.29, 0.717) is 63.3 Å². The van der Waals surface area contributed by atoms with Crippen LogP contribution in [0, 0.1) is 0 Å². The number of fused-ring (bicyclic) bond motifs is 3. The zero-order chi connectivity index (χ0) is 23.4. The Morgan fingerprint density at radius 2 is 1.82 bits per heavy atom. The minimum Gasteiger partial charge on any atom is -0.493 e. The van der Waals surface area contributed by atoms with Gasteiger partial charge in [-0.1, -0.05) is 6.07 Å². The molecule has 0 radical (unpaired) electrons. The lowest BCUT2D eigenvalue weighted by Gasteiger charge is -2.39. The molecule has 0 amide bonds. The molecule has 3 unspecified atom stereocenters. The highest BCUT2D eigenvalue weighted by Gasteiger charge is 2.47. The van der Waals surface area contributed by atoms with Crippen LogP contribution in [0.1, 0.15) is 39.2 Å². The molecule has 0 aromatic heterocycles. The maximum atomic E-state index is 13.0. The fourth-order valence-corrected chi connectivity index (χ4v) is 5.79. The van der Waals surface area contributed by atoms with Crippen molar-refractivity contribution in [2.45, 2.75) is 23.5 Å². The van der Waals surface area contributed by atoms with E-state index >= 15 is 0 Å². The quantitative estimate of drug-likeness (QED) is 0.645. The van der Waals surface area contributed by atoms with Crippen LogP contribution < -0.4 is 28.8 Å². The molecular formula is C22H24N2O8S. The number of likely N-dealkylation sites (N-methyl/N-ethyl adjacent to an activating group) is 1. The maximum absolute atomic E-state index is 13.0. The second-order valence-electron chi connectivity index (χ2n) is 7.88. The number of cyclic esters (lactones) is 1. The van der Waals surface area contributed by atoms with Gasteiger partial charge in [0.15, 0.2) is 23.0 Å². The first-order chi connectivity index (χ1) is 15.9. The Bertz CT molecular complexity index is 1180. The van der Waals surface area contributed by atoms with E-state index in [0.717, 1.165) is 5.56 Å². The second kappa shape index (κ2) is 8.08. The molecule has 33 heavy (non-hydrogen) atoms. The number of hydrogen-bond acceptors (Lipinski definition) is 9. The summed E-state index contributed by atoms with van der Waals surface area (Å²) < 4.78 is 46.4. The van der Waals surface area contributed by atoms with Crippen LogP contribution in [0.25, 0.3) is 0 Å². The van der Waals surface area contributed by atoms with E-state index in [9.17, 15) is 9.00 Å². The summed E-state index contributed by atoms with van der Waals surface area (Å²) in [4.78, 5) is 15.4. The van der Waals surface area contributed by atoms with Crippen LogP contribution in [-0.4, -0.2) is 56.8 Å². The van der Waals surface area contributed by atoms with Gasteiger partial charge in [0.2, 0.25) is 12.5 Å². The summed E-state index contributed by atoms with van der Waals surface area (Å²) in [7, 11) is 4.63. The topological polar surface area (TPSA) is 119 Å². The van der Waals surface area contributed by atoms with Crippen molar-refractivity contribution in [1.82, 2.24) is 4.90 Å². The van der Waals surface area contributed by atoms with E-state index in [4.69, 9.17) is 33.6 Å². The van der Waals surface area contributed by atoms with Crippen molar-refractivity contribution in [3.8, 4) is 28.7 Å². The van der Waals surface area contributed by atoms with E-state index in [2.05, 4.69) is 4.90 Å². The van der Waals surface area contributed by atoms with E-state index in [1.54, 1.807) is 12.1 Å². The van der Waals surface area contributed by atoms with Gasteiger partial charge in [0.25, 0.3) is 0 Å². The number of carbonyl (C=O) groups excluding carboxylic acids is 1. The van der Waals surface area contributed by atoms with Gasteiger partial charge in [-0.05, 0) is 25.1 Å². The van der Waals surface area contributed by atoms with Crippen molar-refractivity contribution in [3.63, 3.8) is 0 Å². The van der Waals surface area contributed by atoms with Crippen molar-refractivity contribution >= 4 is 17.0 Å². The number of nitrogens with zero attached hydrogens (tertiary/aromatic N) is 1. The van der Waals surface area contributed by atoms with Gasteiger partial charge in [-0.25, -0.2) is 14.1 Å². The fraction of sp³-hybridized carbons (Fsp3) is 0.409. The SMILES string of the molecule is COc1ccc2c(c1OC)C(=O)OC2C1c2c(c(S(N)=O)c3c(c2OC)OCO3)CCN1C. The molecule has 0 fully saturated rings. The molecule has 3 atom stereocenters. The van der Waals surface area contributed by atoms with Crippen molar-refractivity contribution in [1.29, 1.82) is 0 Å². The molecule has 176 valence electrons. The number of nitrogens with two attached hydrogens (primary N) is 1. The molecule has 0 bridgehead atoms. The van der Waals surface area contributed by atoms with Crippen LogP contribution in [0.4, 0.5) is 0 Å². The van der Waals surface area contributed by atoms with E-state index < -0.39 is 29.1 Å². The summed E-state index contributed by atoms with van der Waals surface area (Å²) in [6.07, 6.45) is -0.114. The summed E-state index contributed by atoms with van der Waals surface area (Å²) in [5, 5.41) is 5.87. The fourth-order valence-electron chi connectivity index (χ4n) is 5.00. The van der Waals surface area contributed by atoms with Gasteiger partial charge in [-0.3, -0.25) is 4.90 Å². The predicted octanol–water partition coefficient (Wildman–Crippen LogP) is 1.86. The van der Waals surface area contributed by atoms with Crippen molar-refractivity contribution < 1.29 is 37.4 Å². The molecular weight excluding hydrogens is 452 g/mol. The van der Waals surface area contributed by atoms with Crippen LogP contribution in [0.5, 0.6) is 28.7 Å². The third-order valence-corrected chi connectivity index (χ3v) is 7.20. The average molecular weight is 477 g/mol. The van der Waals surface area contributed by atoms with Crippen LogP contribution in [0.15, 0.2) is 17.0 Å². The number of esters is 1. The van der Waals surface area contributed by atoms with Crippen LogP contribution in [-0.2, 0) is 22.1 Å². The zero-order valence-corrected chi connectivity index (χ0v) is 19.4. The Morgan fingerprint density at radius 3 is 2.48 bits per heavy atom. The van der Waals surface area contributed by atoms with Crippen LogP contribution in [0.2, 0.25) is 0 Å². The summed E-state index contributed by atoms with van der Waals surface area (Å²) in [6, 6.07) is 3.09. The lowest BCUT2D eigenvalue weighted by Crippen LogP contribution is -2.37. The summed E-state index contributed by atoms with van der Waals surface area (Å²) in [5.41, 5.74) is 2.46. The monoisotopic (exact) mass is 476 g/mol. The third-order valence-electron chi connectivity index (χ3n) is 6.37. The Balaban J connectivity index is 1.75. The van der Waals surface area contributed by atoms with E-state index in [1.807, 2.05) is 7.05 Å². The Hall–Kier alpha value is -3.02. The number of methoxy groups -OCH3 is 3. The second-order valence-corrected chi connectivity index (χ2v) is 8.89. The molecule has 2 aromatic carbocycles. The molecule has 10 nitrogen and oxygen atoms in total. The minimum absolute atomic E-state index is 0.0302. The number of ether oxygens (including phenoxy) is 6. The maximum Gasteiger partial charge on any atom is 0.343 e. The van der Waals surface area contributed by atoms with Gasteiger partial charge in [-0.2, -0.15) is 0 Å². The number of carbonyl (C=O) groups is 1. The molecule has 0 aliphatic carbocycles. The lowest BCUT2D eigenvalue weighted by molar-refractivity contribution is 0.00856. The van der Waals surface area contributed by atoms with Crippen LogP contribution >= 0.6 is 0 Å². The molecule has 5 rings (SSSR count). The van der Waals surface area contributed by atoms with Crippen molar-refractivity contribution in [2.75, 3.05) is 41.7 Å². The van der Waals surface area contributed by atoms with Gasteiger partial charge in [0.05, 0.1) is 27.4 Å². The Kier molecular flexibility index (Phi) is 5.34. The first kappa shape index (κ1) is 21.8. The average Bonchev–Trinajstić information content (AvgIpc) is 3.41. The first-order valence-electron chi connectivity index (χ1n) is 10.3. The highest BCUT2D eigenvalue weighted by Crippen LogP contribution is 2.57. The normalized spacial score (nSPS) is 21.8. The zero-order valence-electron chi connectivity index (χ0n) is 18.6. The van der Waals surface area contributed by atoms with Crippen molar-refractivity contribution in [2.24, 2.45) is 5.14 Å². The minimum atomic E-state index is -1.82. The number of hydrogen-bond donors (Lipinski definition) is 1. The summed E-state index contributed by atoms with van der Waals surface area (Å²) in [5.74, 6) is 1.39. The van der Waals surface area contributed by atoms with Gasteiger partial charge >= 0.3 is 5.97 Å². The van der Waals surface area contributed by atoms with Crippen LogP contribution in [0.3, 0.4) is 0 Å². The highest BCUT2D eigenvalue weighted by atomic mass is 32.2. The Morgan fingerprint density at radius 1 is 1.09 bits per heavy atom. The van der Waals surface area contributed by atoms with Gasteiger partial charge in [-0.15, -0.1) is 0 Å². The molecule has 11 heteroatoms. The summed E-state index contributed by atoms with van der Waals surface area (Å²) >= 11 is 0. The molecule has 2 aromatic rings. The first-order valence-corrected chi connectivity index (χ1v) is 11.5. The molecule has 0 saturated heterocycles. The predicted molar refractivity (Wildman–Crippen MR) is 116 cm³/mol. The van der Waals surface area contributed by atoms with Gasteiger partial charge in [0, 0.05) is 17.7 Å². The molecule has 3 heterocycles. The Labute approximate surface area is 193 Å². The molecule has 2 N–H and O–H groups in total. The number of benzene rings is 2. The summed E-state index contributed by atoms with van der Waals surface area (Å²) in [6.45, 7) is 0.582. The van der Waals surface area contributed by atoms with Gasteiger partial charge < -0.3 is 28.4 Å². The van der Waals surface area contributed by atoms with E-state index in [1.165, 1.54) is 21.3 Å². The third kappa shape index (κ3) is 3.06. The standard InChI is InChI=1S/C22H24N2O8S/c1-24-8-7-11-13(18(29-4)19-20(31-9-30-19)21(11)33(23)26)15(24)16-10-5-6-12(27-2)17(28-3)14(10)22(25)32-16/h5-6,15-16H,7-9,23H2,1-4H3. The smallest absolute Gasteiger partial charge is 0.343 e. The number of rotatable bonds is 5. The van der Waals surface area contributed by atoms with Gasteiger partial charge in [0.1, 0.15) is 27.5 Å². The molecule has 3 aliphatic heterocycles. The lowest BCUT2D eigenvalue weighted by atomic mass is 9.85. The molecule has 3 aliphatic rings. The highest BCUT2D eigenvalue weighted by molar-refractivity contribution is 7.82. The largest absolute Gasteiger partial charge is 0.493 e. The van der Waals surface area contributed by atoms with E-state index in [-0.39, 0.29) is 6.79 Å².